The van der Waals surface area contributed by atoms with E-state index >= 15 is 0 Å². The first-order valence-corrected chi connectivity index (χ1v) is 6.86. The van der Waals surface area contributed by atoms with Crippen LogP contribution in [0, 0.1) is 0 Å². The van der Waals surface area contributed by atoms with Crippen molar-refractivity contribution in [2.45, 2.75) is 0 Å². The number of carbonyl (C=O) groups excluding carboxylic acids is 1. The maximum absolute atomic E-state index is 12.3. The number of methoxy groups -OCH3 is 2. The molecule has 3 rings (SSSR count). The SMILES string of the molecule is COC(=O)c1c(-c2ccccc2)nc(OC)c2ccccc12. The molecule has 0 atom stereocenters. The summed E-state index contributed by atoms with van der Waals surface area (Å²) in [4.78, 5) is 16.9. The van der Waals surface area contributed by atoms with Crippen molar-refractivity contribution in [2.24, 2.45) is 0 Å². The minimum absolute atomic E-state index is 0.412. The minimum atomic E-state index is -0.412. The normalized spacial score (nSPS) is 10.5. The Morgan fingerprint density at radius 2 is 1.55 bits per heavy atom. The van der Waals surface area contributed by atoms with Crippen molar-refractivity contribution < 1.29 is 14.3 Å². The maximum Gasteiger partial charge on any atom is 0.340 e. The number of carbonyl (C=O) groups is 1. The second-order valence-corrected chi connectivity index (χ2v) is 4.75. The van der Waals surface area contributed by atoms with Crippen LogP contribution in [0.2, 0.25) is 0 Å². The van der Waals surface area contributed by atoms with Crippen molar-refractivity contribution in [2.75, 3.05) is 14.2 Å². The highest BCUT2D eigenvalue weighted by molar-refractivity contribution is 6.10. The molecule has 2 aromatic carbocycles. The molecule has 0 N–H and O–H groups in total. The van der Waals surface area contributed by atoms with Crippen LogP contribution in [-0.2, 0) is 4.74 Å². The van der Waals surface area contributed by atoms with Gasteiger partial charge in [0.1, 0.15) is 0 Å². The van der Waals surface area contributed by atoms with Gasteiger partial charge in [0.05, 0.1) is 25.5 Å². The van der Waals surface area contributed by atoms with E-state index in [9.17, 15) is 4.79 Å². The van der Waals surface area contributed by atoms with Crippen LogP contribution in [0.4, 0.5) is 0 Å². The monoisotopic (exact) mass is 293 g/mol. The third kappa shape index (κ3) is 2.29. The summed E-state index contributed by atoms with van der Waals surface area (Å²) in [6, 6.07) is 17.0. The number of pyridine rings is 1. The summed E-state index contributed by atoms with van der Waals surface area (Å²) in [7, 11) is 2.94. The molecule has 4 nitrogen and oxygen atoms in total. The van der Waals surface area contributed by atoms with E-state index in [4.69, 9.17) is 9.47 Å². The van der Waals surface area contributed by atoms with Gasteiger partial charge in [-0.25, -0.2) is 9.78 Å². The molecule has 0 saturated carbocycles. The molecule has 0 fully saturated rings. The Bertz CT molecular complexity index is 828. The molecule has 110 valence electrons. The predicted octanol–water partition coefficient (Wildman–Crippen LogP) is 3.70. The molecule has 0 spiro atoms. The number of nitrogens with zero attached hydrogens (tertiary/aromatic N) is 1. The van der Waals surface area contributed by atoms with Crippen LogP contribution in [0.1, 0.15) is 10.4 Å². The quantitative estimate of drug-likeness (QED) is 0.691. The summed E-state index contributed by atoms with van der Waals surface area (Å²) < 4.78 is 10.4. The number of rotatable bonds is 3. The fourth-order valence-corrected chi connectivity index (χ4v) is 2.50. The fraction of sp³-hybridized carbons (Fsp3) is 0.111. The highest BCUT2D eigenvalue weighted by Crippen LogP contribution is 2.34. The van der Waals surface area contributed by atoms with Crippen molar-refractivity contribution in [1.82, 2.24) is 4.98 Å². The Hall–Kier alpha value is -2.88. The number of fused-ring (bicyclic) bond motifs is 1. The molecule has 0 unspecified atom stereocenters. The minimum Gasteiger partial charge on any atom is -0.481 e. The van der Waals surface area contributed by atoms with Gasteiger partial charge in [-0.1, -0.05) is 48.5 Å². The highest BCUT2D eigenvalue weighted by atomic mass is 16.5. The van der Waals surface area contributed by atoms with Crippen molar-refractivity contribution in [3.8, 4) is 17.1 Å². The molecule has 0 amide bonds. The van der Waals surface area contributed by atoms with Crippen LogP contribution in [0.3, 0.4) is 0 Å². The van der Waals surface area contributed by atoms with Gasteiger partial charge in [-0.05, 0) is 6.07 Å². The van der Waals surface area contributed by atoms with E-state index in [-0.39, 0.29) is 0 Å². The average molecular weight is 293 g/mol. The summed E-state index contributed by atoms with van der Waals surface area (Å²) in [5.41, 5.74) is 1.85. The first kappa shape index (κ1) is 14.1. The molecular formula is C18H15NO3. The Morgan fingerprint density at radius 1 is 0.909 bits per heavy atom. The molecule has 0 saturated heterocycles. The van der Waals surface area contributed by atoms with Crippen molar-refractivity contribution >= 4 is 16.7 Å². The molecule has 3 aromatic rings. The lowest BCUT2D eigenvalue weighted by molar-refractivity contribution is 0.0603. The fourth-order valence-electron chi connectivity index (χ4n) is 2.50. The van der Waals surface area contributed by atoms with Crippen molar-refractivity contribution in [3.63, 3.8) is 0 Å². The summed E-state index contributed by atoms with van der Waals surface area (Å²) in [5.74, 6) is 0.0762. The molecule has 1 aromatic heterocycles. The van der Waals surface area contributed by atoms with Gasteiger partial charge in [0, 0.05) is 16.3 Å². The van der Waals surface area contributed by atoms with Gasteiger partial charge in [-0.3, -0.25) is 0 Å². The zero-order valence-electron chi connectivity index (χ0n) is 12.4. The van der Waals surface area contributed by atoms with E-state index in [2.05, 4.69) is 4.98 Å². The van der Waals surface area contributed by atoms with Gasteiger partial charge in [-0.15, -0.1) is 0 Å². The van der Waals surface area contributed by atoms with Gasteiger partial charge in [0.15, 0.2) is 0 Å². The van der Waals surface area contributed by atoms with Crippen LogP contribution in [-0.4, -0.2) is 25.2 Å². The van der Waals surface area contributed by atoms with E-state index in [0.29, 0.717) is 17.1 Å². The summed E-state index contributed by atoms with van der Waals surface area (Å²) >= 11 is 0. The molecule has 0 aliphatic carbocycles. The number of aromatic nitrogens is 1. The van der Waals surface area contributed by atoms with Gasteiger partial charge in [-0.2, -0.15) is 0 Å². The second-order valence-electron chi connectivity index (χ2n) is 4.75. The third-order valence-corrected chi connectivity index (χ3v) is 3.51. The van der Waals surface area contributed by atoms with Gasteiger partial charge < -0.3 is 9.47 Å². The lowest BCUT2D eigenvalue weighted by Gasteiger charge is -2.13. The van der Waals surface area contributed by atoms with E-state index < -0.39 is 5.97 Å². The third-order valence-electron chi connectivity index (χ3n) is 3.51. The summed E-state index contributed by atoms with van der Waals surface area (Å²) in [6.45, 7) is 0. The Kier molecular flexibility index (Phi) is 3.74. The number of hydrogen-bond donors (Lipinski definition) is 0. The molecule has 0 aliphatic rings. The lowest BCUT2D eigenvalue weighted by Crippen LogP contribution is -2.07. The molecule has 1 heterocycles. The van der Waals surface area contributed by atoms with Crippen LogP contribution < -0.4 is 4.74 Å². The van der Waals surface area contributed by atoms with E-state index in [1.807, 2.05) is 54.6 Å². The number of ether oxygens (including phenoxy) is 2. The number of esters is 1. The molecule has 0 bridgehead atoms. The molecule has 0 radical (unpaired) electrons. The number of hydrogen-bond acceptors (Lipinski definition) is 4. The van der Waals surface area contributed by atoms with Crippen molar-refractivity contribution in [3.05, 3.63) is 60.2 Å². The summed E-state index contributed by atoms with van der Waals surface area (Å²) in [5, 5.41) is 1.55. The van der Waals surface area contributed by atoms with E-state index in [0.717, 1.165) is 16.3 Å². The average Bonchev–Trinajstić information content (AvgIpc) is 2.60. The van der Waals surface area contributed by atoms with Gasteiger partial charge >= 0.3 is 5.97 Å². The van der Waals surface area contributed by atoms with E-state index in [1.54, 1.807) is 7.11 Å². The molecular weight excluding hydrogens is 278 g/mol. The zero-order chi connectivity index (χ0) is 15.5. The Labute approximate surface area is 128 Å². The topological polar surface area (TPSA) is 48.4 Å². The van der Waals surface area contributed by atoms with Crippen LogP contribution in [0.15, 0.2) is 54.6 Å². The second kappa shape index (κ2) is 5.85. The molecule has 22 heavy (non-hydrogen) atoms. The maximum atomic E-state index is 12.3. The zero-order valence-corrected chi connectivity index (χ0v) is 12.4. The van der Waals surface area contributed by atoms with Crippen LogP contribution in [0.25, 0.3) is 22.0 Å². The first-order chi connectivity index (χ1) is 10.8. The van der Waals surface area contributed by atoms with E-state index in [1.165, 1.54) is 7.11 Å². The molecule has 4 heteroatoms. The Balaban J connectivity index is 2.42. The van der Waals surface area contributed by atoms with Crippen molar-refractivity contribution in [1.29, 1.82) is 0 Å². The van der Waals surface area contributed by atoms with Gasteiger partial charge in [0.25, 0.3) is 0 Å². The summed E-state index contributed by atoms with van der Waals surface area (Å²) in [6.07, 6.45) is 0. The lowest BCUT2D eigenvalue weighted by atomic mass is 9.99. The molecule has 0 aliphatic heterocycles. The van der Waals surface area contributed by atoms with Crippen LogP contribution >= 0.6 is 0 Å². The highest BCUT2D eigenvalue weighted by Gasteiger charge is 2.21. The largest absolute Gasteiger partial charge is 0.481 e. The smallest absolute Gasteiger partial charge is 0.340 e. The number of benzene rings is 2. The van der Waals surface area contributed by atoms with Gasteiger partial charge in [0.2, 0.25) is 5.88 Å². The first-order valence-electron chi connectivity index (χ1n) is 6.86. The predicted molar refractivity (Wildman–Crippen MR) is 85.1 cm³/mol. The Morgan fingerprint density at radius 3 is 2.18 bits per heavy atom. The van der Waals surface area contributed by atoms with Crippen LogP contribution in [0.5, 0.6) is 5.88 Å². The standard InChI is InChI=1S/C18H15NO3/c1-21-17-14-11-7-6-10-13(14)15(18(20)22-2)16(19-17)12-8-4-3-5-9-12/h3-11H,1-2H3.